The van der Waals surface area contributed by atoms with Gasteiger partial charge in [0.2, 0.25) is 0 Å². The lowest BCUT2D eigenvalue weighted by Crippen LogP contribution is -2.48. The molecular weight excluding hydrogens is 244 g/mol. The van der Waals surface area contributed by atoms with Crippen LogP contribution in [0.15, 0.2) is 0 Å². The molecule has 0 saturated heterocycles. The van der Waals surface area contributed by atoms with E-state index >= 15 is 0 Å². The highest BCUT2D eigenvalue weighted by Gasteiger charge is 2.34. The maximum atomic E-state index is 3.64. The fourth-order valence-electron chi connectivity index (χ4n) is 3.59. The van der Waals surface area contributed by atoms with Gasteiger partial charge in [-0.05, 0) is 44.2 Å². The zero-order valence-electron chi connectivity index (χ0n) is 14.9. The van der Waals surface area contributed by atoms with Crippen molar-refractivity contribution >= 4 is 0 Å². The Morgan fingerprint density at radius 1 is 1.10 bits per heavy atom. The number of nitrogens with one attached hydrogen (secondary N) is 1. The zero-order chi connectivity index (χ0) is 15.2. The van der Waals surface area contributed by atoms with Gasteiger partial charge in [-0.1, -0.05) is 53.4 Å². The van der Waals surface area contributed by atoms with Gasteiger partial charge in [0.05, 0.1) is 0 Å². The molecule has 0 amide bonds. The minimum absolute atomic E-state index is 0.360. The molecule has 1 rings (SSSR count). The molecule has 1 unspecified atom stereocenters. The second-order valence-electron chi connectivity index (χ2n) is 8.15. The third-order valence-electron chi connectivity index (χ3n) is 5.41. The molecule has 1 N–H and O–H groups in total. The minimum atomic E-state index is 0.360. The van der Waals surface area contributed by atoms with Gasteiger partial charge in [0.15, 0.2) is 0 Å². The Bertz CT molecular complexity index is 259. The van der Waals surface area contributed by atoms with Gasteiger partial charge in [0.1, 0.15) is 0 Å². The molecule has 0 aromatic heterocycles. The molecule has 20 heavy (non-hydrogen) atoms. The van der Waals surface area contributed by atoms with Crippen molar-refractivity contribution in [2.75, 3.05) is 26.7 Å². The van der Waals surface area contributed by atoms with Crippen molar-refractivity contribution in [1.82, 2.24) is 10.2 Å². The SMILES string of the molecule is CCNCC1(CN(C)C(C)C(C)(C)C)CCCCCC1. The van der Waals surface area contributed by atoms with E-state index in [0.717, 1.165) is 6.54 Å². The van der Waals surface area contributed by atoms with E-state index in [-0.39, 0.29) is 0 Å². The highest BCUT2D eigenvalue weighted by atomic mass is 15.1. The van der Waals surface area contributed by atoms with E-state index in [0.29, 0.717) is 16.9 Å². The molecular formula is C18H38N2. The van der Waals surface area contributed by atoms with Crippen LogP contribution >= 0.6 is 0 Å². The number of nitrogens with zero attached hydrogens (tertiary/aromatic N) is 1. The zero-order valence-corrected chi connectivity index (χ0v) is 14.9. The molecule has 1 fully saturated rings. The van der Waals surface area contributed by atoms with Crippen LogP contribution in [-0.4, -0.2) is 37.6 Å². The molecule has 1 aliphatic carbocycles. The van der Waals surface area contributed by atoms with E-state index in [9.17, 15) is 0 Å². The van der Waals surface area contributed by atoms with Crippen LogP contribution in [0, 0.1) is 10.8 Å². The largest absolute Gasteiger partial charge is 0.316 e. The first-order chi connectivity index (χ1) is 9.31. The van der Waals surface area contributed by atoms with Crippen LogP contribution < -0.4 is 5.32 Å². The maximum Gasteiger partial charge on any atom is 0.0113 e. The Morgan fingerprint density at radius 2 is 1.65 bits per heavy atom. The van der Waals surface area contributed by atoms with Gasteiger partial charge in [0, 0.05) is 19.1 Å². The van der Waals surface area contributed by atoms with Crippen LogP contribution in [0.1, 0.15) is 73.1 Å². The predicted octanol–water partition coefficient (Wildman–Crippen LogP) is 4.30. The molecule has 0 aromatic rings. The fraction of sp³-hybridized carbons (Fsp3) is 1.00. The van der Waals surface area contributed by atoms with Crippen molar-refractivity contribution in [3.8, 4) is 0 Å². The monoisotopic (exact) mass is 282 g/mol. The summed E-state index contributed by atoms with van der Waals surface area (Å²) in [5, 5.41) is 3.64. The fourth-order valence-corrected chi connectivity index (χ4v) is 3.59. The normalized spacial score (nSPS) is 21.8. The summed E-state index contributed by atoms with van der Waals surface area (Å²) in [5.41, 5.74) is 0.861. The average molecular weight is 283 g/mol. The summed E-state index contributed by atoms with van der Waals surface area (Å²) >= 11 is 0. The molecule has 1 saturated carbocycles. The number of rotatable bonds is 6. The molecule has 0 spiro atoms. The van der Waals surface area contributed by atoms with Crippen molar-refractivity contribution in [2.24, 2.45) is 10.8 Å². The van der Waals surface area contributed by atoms with E-state index in [4.69, 9.17) is 0 Å². The first kappa shape index (κ1) is 18.0. The Labute approximate surface area is 127 Å². The van der Waals surface area contributed by atoms with Crippen LogP contribution in [0.3, 0.4) is 0 Å². The molecule has 120 valence electrons. The first-order valence-corrected chi connectivity index (χ1v) is 8.72. The van der Waals surface area contributed by atoms with Crippen molar-refractivity contribution < 1.29 is 0 Å². The summed E-state index contributed by atoms with van der Waals surface area (Å²) in [6, 6.07) is 0.629. The van der Waals surface area contributed by atoms with Crippen LogP contribution in [0.4, 0.5) is 0 Å². The van der Waals surface area contributed by atoms with Gasteiger partial charge in [-0.3, -0.25) is 0 Å². The van der Waals surface area contributed by atoms with Crippen LogP contribution in [0.5, 0.6) is 0 Å². The molecule has 2 heteroatoms. The summed E-state index contributed by atoms with van der Waals surface area (Å²) in [6.07, 6.45) is 8.52. The second kappa shape index (κ2) is 7.79. The standard InChI is InChI=1S/C18H38N2/c1-7-19-14-18(12-10-8-9-11-13-18)15-20(6)16(2)17(3,4)5/h16,19H,7-15H2,1-6H3. The van der Waals surface area contributed by atoms with Crippen molar-refractivity contribution in [1.29, 1.82) is 0 Å². The molecule has 0 aromatic carbocycles. The molecule has 1 atom stereocenters. The summed E-state index contributed by atoms with van der Waals surface area (Å²) < 4.78 is 0. The highest BCUT2D eigenvalue weighted by Crippen LogP contribution is 2.36. The lowest BCUT2D eigenvalue weighted by molar-refractivity contribution is 0.0737. The number of hydrogen-bond acceptors (Lipinski definition) is 2. The van der Waals surface area contributed by atoms with E-state index in [1.54, 1.807) is 0 Å². The lowest BCUT2D eigenvalue weighted by atomic mass is 9.78. The van der Waals surface area contributed by atoms with Gasteiger partial charge in [-0.15, -0.1) is 0 Å². The maximum absolute atomic E-state index is 3.64. The lowest BCUT2D eigenvalue weighted by Gasteiger charge is -2.42. The third kappa shape index (κ3) is 5.37. The summed E-state index contributed by atoms with van der Waals surface area (Å²) in [6.45, 7) is 15.2. The number of hydrogen-bond donors (Lipinski definition) is 1. The molecule has 0 bridgehead atoms. The van der Waals surface area contributed by atoms with Gasteiger partial charge in [-0.25, -0.2) is 0 Å². The predicted molar refractivity (Wildman–Crippen MR) is 90.2 cm³/mol. The Morgan fingerprint density at radius 3 is 2.10 bits per heavy atom. The smallest absolute Gasteiger partial charge is 0.0113 e. The Kier molecular flexibility index (Phi) is 7.00. The quantitative estimate of drug-likeness (QED) is 0.731. The first-order valence-electron chi connectivity index (χ1n) is 8.72. The van der Waals surface area contributed by atoms with Crippen molar-refractivity contribution in [3.05, 3.63) is 0 Å². The highest BCUT2D eigenvalue weighted by molar-refractivity contribution is 4.89. The van der Waals surface area contributed by atoms with Gasteiger partial charge in [-0.2, -0.15) is 0 Å². The van der Waals surface area contributed by atoms with E-state index in [1.807, 2.05) is 0 Å². The van der Waals surface area contributed by atoms with Crippen molar-refractivity contribution in [3.63, 3.8) is 0 Å². The molecule has 2 nitrogen and oxygen atoms in total. The van der Waals surface area contributed by atoms with E-state index in [1.165, 1.54) is 51.6 Å². The van der Waals surface area contributed by atoms with Gasteiger partial charge < -0.3 is 10.2 Å². The summed E-state index contributed by atoms with van der Waals surface area (Å²) in [7, 11) is 2.33. The minimum Gasteiger partial charge on any atom is -0.316 e. The molecule has 0 heterocycles. The van der Waals surface area contributed by atoms with Crippen LogP contribution in [-0.2, 0) is 0 Å². The molecule has 0 radical (unpaired) electrons. The van der Waals surface area contributed by atoms with E-state index < -0.39 is 0 Å². The Hall–Kier alpha value is -0.0800. The van der Waals surface area contributed by atoms with Gasteiger partial charge >= 0.3 is 0 Å². The summed E-state index contributed by atoms with van der Waals surface area (Å²) in [5.74, 6) is 0. The molecule has 0 aliphatic heterocycles. The van der Waals surface area contributed by atoms with E-state index in [2.05, 4.69) is 51.9 Å². The molecule has 1 aliphatic rings. The Balaban J connectivity index is 2.72. The van der Waals surface area contributed by atoms with Crippen LogP contribution in [0.2, 0.25) is 0 Å². The van der Waals surface area contributed by atoms with Crippen LogP contribution in [0.25, 0.3) is 0 Å². The van der Waals surface area contributed by atoms with Gasteiger partial charge in [0.25, 0.3) is 0 Å². The third-order valence-corrected chi connectivity index (χ3v) is 5.41. The van der Waals surface area contributed by atoms with Crippen molar-refractivity contribution in [2.45, 2.75) is 79.2 Å². The second-order valence-corrected chi connectivity index (χ2v) is 8.15. The topological polar surface area (TPSA) is 15.3 Å². The summed E-state index contributed by atoms with van der Waals surface area (Å²) in [4.78, 5) is 2.61. The average Bonchev–Trinajstić information content (AvgIpc) is 2.60.